The zero-order valence-corrected chi connectivity index (χ0v) is 5.69. The van der Waals surface area contributed by atoms with Crippen LogP contribution in [0.25, 0.3) is 0 Å². The maximum Gasteiger partial charge on any atom is 0.380 e. The predicted octanol–water partition coefficient (Wildman–Crippen LogP) is 0.00990. The normalized spacial score (nSPS) is 7.56. The molecule has 1 rings (SSSR count). The molecule has 0 saturated heterocycles. The quantitative estimate of drug-likeness (QED) is 0.426. The van der Waals surface area contributed by atoms with E-state index in [0.29, 0.717) is 0 Å². The number of carbonyl (C=O) groups excluding carboxylic acids is 1. The number of aromatic nitrogens is 1. The van der Waals surface area contributed by atoms with Crippen molar-refractivity contribution in [2.75, 3.05) is 0 Å². The van der Waals surface area contributed by atoms with E-state index in [0.717, 1.165) is 6.41 Å². The van der Waals surface area contributed by atoms with E-state index >= 15 is 0 Å². The van der Waals surface area contributed by atoms with E-state index in [-0.39, 0.29) is 16.8 Å². The minimum absolute atomic E-state index is 0. The summed E-state index contributed by atoms with van der Waals surface area (Å²) in [6.07, 6.45) is 4.12. The Balaban J connectivity index is 0.000000640. The Hall–Kier alpha value is -0.674. The predicted molar refractivity (Wildman–Crippen MR) is 28.8 cm³/mol. The minimum Gasteiger partial charge on any atom is -0.222 e. The van der Waals surface area contributed by atoms with Crippen LogP contribution >= 0.6 is 0 Å². The van der Waals surface area contributed by atoms with Crippen LogP contribution in [0.4, 0.5) is 0 Å². The molecule has 1 aromatic heterocycles. The summed E-state index contributed by atoms with van der Waals surface area (Å²) < 4.78 is 1.44. The van der Waals surface area contributed by atoms with Crippen molar-refractivity contribution in [3.8, 4) is 0 Å². The fourth-order valence-corrected chi connectivity index (χ4v) is 0.482. The van der Waals surface area contributed by atoms with Crippen molar-refractivity contribution in [3.05, 3.63) is 30.6 Å². The van der Waals surface area contributed by atoms with Crippen molar-refractivity contribution in [3.63, 3.8) is 0 Å². The van der Waals surface area contributed by atoms with Crippen LogP contribution < -0.4 is 4.57 Å². The van der Waals surface area contributed by atoms with E-state index < -0.39 is 0 Å². The molecule has 0 saturated carbocycles. The van der Waals surface area contributed by atoms with Crippen LogP contribution in [0.1, 0.15) is 0 Å². The maximum absolute atomic E-state index is 9.97. The van der Waals surface area contributed by atoms with Crippen molar-refractivity contribution in [2.45, 2.75) is 0 Å². The largest absolute Gasteiger partial charge is 0.380 e. The van der Waals surface area contributed by atoms with Crippen molar-refractivity contribution in [1.29, 1.82) is 0 Å². The number of hydrogen-bond acceptors (Lipinski definition) is 1. The molecule has 3 heteroatoms. The Labute approximate surface area is 63.7 Å². The van der Waals surface area contributed by atoms with Crippen LogP contribution in [0.2, 0.25) is 0 Å². The van der Waals surface area contributed by atoms with Gasteiger partial charge in [0.25, 0.3) is 0 Å². The molecule has 0 fully saturated rings. The van der Waals surface area contributed by atoms with Gasteiger partial charge in [-0.1, -0.05) is 6.07 Å². The Morgan fingerprint density at radius 1 is 1.11 bits per heavy atom. The third-order valence-corrected chi connectivity index (χ3v) is 0.860. The molecule has 49 valence electrons. The molecular weight excluding hydrogens is 161 g/mol. The van der Waals surface area contributed by atoms with Crippen LogP contribution in [-0.4, -0.2) is 6.41 Å². The Kier molecular flexibility index (Phi) is 3.91. The Bertz CT molecular complexity index is 176. The van der Waals surface area contributed by atoms with E-state index in [9.17, 15) is 4.79 Å². The van der Waals surface area contributed by atoms with Gasteiger partial charge in [0.15, 0.2) is 12.4 Å². The first-order chi connectivity index (χ1) is 3.93. The fourth-order valence-electron chi connectivity index (χ4n) is 0.482. The molecule has 0 aliphatic carbocycles. The topological polar surface area (TPSA) is 20.9 Å². The summed E-state index contributed by atoms with van der Waals surface area (Å²) in [7, 11) is 0. The second-order valence-corrected chi connectivity index (χ2v) is 1.43. The van der Waals surface area contributed by atoms with Gasteiger partial charge in [-0.05, 0) is 0 Å². The van der Waals surface area contributed by atoms with Crippen molar-refractivity contribution < 1.29 is 26.1 Å². The van der Waals surface area contributed by atoms with Gasteiger partial charge < -0.3 is 0 Å². The van der Waals surface area contributed by atoms with E-state index in [1.54, 1.807) is 24.5 Å². The molecule has 0 N–H and O–H groups in total. The molecule has 1 heterocycles. The molecule has 1 aromatic rings. The Morgan fingerprint density at radius 2 is 1.67 bits per heavy atom. The molecule has 0 aliphatic rings. The summed E-state index contributed by atoms with van der Waals surface area (Å²) in [6.45, 7) is 0. The van der Waals surface area contributed by atoms with Gasteiger partial charge in [0.05, 0.1) is 0 Å². The molecular formula is C6H6CoNO+. The van der Waals surface area contributed by atoms with Gasteiger partial charge in [0.2, 0.25) is 0 Å². The second kappa shape index (κ2) is 4.23. The van der Waals surface area contributed by atoms with Crippen LogP contribution in [0.5, 0.6) is 0 Å². The number of hydrogen-bond donors (Lipinski definition) is 0. The first kappa shape index (κ1) is 8.33. The summed E-state index contributed by atoms with van der Waals surface area (Å²) in [5.74, 6) is 0. The van der Waals surface area contributed by atoms with E-state index in [1.807, 2.05) is 6.07 Å². The summed E-state index contributed by atoms with van der Waals surface area (Å²) in [6, 6.07) is 5.46. The zero-order valence-electron chi connectivity index (χ0n) is 4.65. The Morgan fingerprint density at radius 3 is 2.00 bits per heavy atom. The number of nitrogens with zero attached hydrogens (tertiary/aromatic N) is 1. The first-order valence-electron chi connectivity index (χ1n) is 2.34. The SMILES string of the molecule is O=C[n+]1ccccc1.[Co]. The first-order valence-corrected chi connectivity index (χ1v) is 2.34. The molecule has 0 bridgehead atoms. The molecule has 0 atom stereocenters. The third kappa shape index (κ3) is 2.39. The fraction of sp³-hybridized carbons (Fsp3) is 0. The second-order valence-electron chi connectivity index (χ2n) is 1.43. The molecule has 1 radical (unpaired) electrons. The van der Waals surface area contributed by atoms with E-state index in [4.69, 9.17) is 0 Å². The van der Waals surface area contributed by atoms with Crippen molar-refractivity contribution >= 4 is 6.41 Å². The average molecular weight is 167 g/mol. The summed E-state index contributed by atoms with van der Waals surface area (Å²) in [5.41, 5.74) is 0. The van der Waals surface area contributed by atoms with Crippen molar-refractivity contribution in [2.24, 2.45) is 0 Å². The van der Waals surface area contributed by atoms with Gasteiger partial charge in [-0.15, -0.1) is 4.57 Å². The molecule has 0 amide bonds. The van der Waals surface area contributed by atoms with Gasteiger partial charge in [-0.2, -0.15) is 0 Å². The summed E-state index contributed by atoms with van der Waals surface area (Å²) >= 11 is 0. The molecule has 2 nitrogen and oxygen atoms in total. The summed E-state index contributed by atoms with van der Waals surface area (Å²) in [5, 5.41) is 0. The maximum atomic E-state index is 9.97. The minimum atomic E-state index is 0. The smallest absolute Gasteiger partial charge is 0.222 e. The average Bonchev–Trinajstić information content (AvgIpc) is 1.90. The van der Waals surface area contributed by atoms with Gasteiger partial charge in [0, 0.05) is 28.9 Å². The molecule has 9 heavy (non-hydrogen) atoms. The third-order valence-electron chi connectivity index (χ3n) is 0.860. The number of pyridine rings is 1. The number of rotatable bonds is 1. The molecule has 0 spiro atoms. The van der Waals surface area contributed by atoms with Crippen LogP contribution in [0.15, 0.2) is 30.6 Å². The molecule has 0 aromatic carbocycles. The number of carbonyl (C=O) groups is 1. The van der Waals surface area contributed by atoms with Crippen LogP contribution in [0, 0.1) is 0 Å². The van der Waals surface area contributed by atoms with Crippen molar-refractivity contribution in [1.82, 2.24) is 0 Å². The van der Waals surface area contributed by atoms with E-state index in [2.05, 4.69) is 0 Å². The van der Waals surface area contributed by atoms with Crippen LogP contribution in [-0.2, 0) is 21.6 Å². The monoisotopic (exact) mass is 167 g/mol. The zero-order chi connectivity index (χ0) is 5.82. The van der Waals surface area contributed by atoms with Crippen LogP contribution in [0.3, 0.4) is 0 Å². The van der Waals surface area contributed by atoms with E-state index in [1.165, 1.54) is 4.57 Å². The molecule has 0 unspecified atom stereocenters. The van der Waals surface area contributed by atoms with Gasteiger partial charge in [-0.25, -0.2) is 4.79 Å². The van der Waals surface area contributed by atoms with Gasteiger partial charge in [-0.3, -0.25) is 0 Å². The van der Waals surface area contributed by atoms with Gasteiger partial charge in [0.1, 0.15) is 0 Å². The van der Waals surface area contributed by atoms with Gasteiger partial charge >= 0.3 is 6.41 Å². The summed E-state index contributed by atoms with van der Waals surface area (Å²) in [4.78, 5) is 9.97. The standard InChI is InChI=1S/C6H6NO.Co/c8-6-7-4-2-1-3-5-7;/h1-6H;/q+1;. The molecule has 0 aliphatic heterocycles.